The van der Waals surface area contributed by atoms with E-state index in [4.69, 9.17) is 24.4 Å². The van der Waals surface area contributed by atoms with Crippen LogP contribution < -0.4 is 0 Å². The molecule has 2 N–H and O–H groups in total. The van der Waals surface area contributed by atoms with Crippen molar-refractivity contribution in [2.45, 2.75) is 45.5 Å². The van der Waals surface area contributed by atoms with E-state index in [1.807, 2.05) is 0 Å². The maximum absolute atomic E-state index is 11.3. The molecule has 0 saturated heterocycles. The Morgan fingerprint density at radius 2 is 1.33 bits per heavy atom. The molecule has 0 saturated carbocycles. The van der Waals surface area contributed by atoms with Crippen molar-refractivity contribution in [1.29, 1.82) is 0 Å². The molecular weight excluding hydrogens is 288 g/mol. The molecule has 21 heavy (non-hydrogen) atoms. The fraction of sp³-hybridized carbons (Fsp3) is 0.667. The second kappa shape index (κ2) is 9.70. The molecule has 0 aliphatic rings. The van der Waals surface area contributed by atoms with Crippen LogP contribution in [0.4, 0.5) is 0 Å². The van der Waals surface area contributed by atoms with E-state index in [0.717, 1.165) is 0 Å². The van der Waals surface area contributed by atoms with Gasteiger partial charge in [0.1, 0.15) is 18.9 Å². The molecule has 0 bridgehead atoms. The third-order valence-electron chi connectivity index (χ3n) is 2.17. The van der Waals surface area contributed by atoms with Gasteiger partial charge in [-0.3, -0.25) is 19.2 Å². The highest BCUT2D eigenvalue weighted by Crippen LogP contribution is 2.12. The average Bonchev–Trinajstić information content (AvgIpc) is 2.32. The fourth-order valence-corrected chi connectivity index (χ4v) is 1.37. The van der Waals surface area contributed by atoms with E-state index < -0.39 is 49.1 Å². The van der Waals surface area contributed by atoms with Crippen molar-refractivity contribution < 1.29 is 43.6 Å². The summed E-state index contributed by atoms with van der Waals surface area (Å²) in [6.45, 7) is 3.57. The van der Waals surface area contributed by atoms with Crippen LogP contribution in [0.5, 0.6) is 0 Å². The van der Waals surface area contributed by atoms with E-state index in [1.165, 1.54) is 0 Å². The van der Waals surface area contributed by atoms with Crippen LogP contribution in [0.25, 0.3) is 0 Å². The summed E-state index contributed by atoms with van der Waals surface area (Å²) < 4.78 is 14.7. The van der Waals surface area contributed by atoms with Gasteiger partial charge < -0.3 is 24.4 Å². The highest BCUT2D eigenvalue weighted by Gasteiger charge is 2.29. The third-order valence-corrected chi connectivity index (χ3v) is 2.17. The van der Waals surface area contributed by atoms with E-state index in [-0.39, 0.29) is 6.61 Å². The zero-order chi connectivity index (χ0) is 16.4. The molecule has 9 heteroatoms. The van der Waals surface area contributed by atoms with Crippen molar-refractivity contribution in [3.05, 3.63) is 0 Å². The van der Waals surface area contributed by atoms with Crippen LogP contribution in [0, 0.1) is 0 Å². The summed E-state index contributed by atoms with van der Waals surface area (Å²) in [7, 11) is 0. The highest BCUT2D eigenvalue weighted by atomic mass is 16.7. The summed E-state index contributed by atoms with van der Waals surface area (Å²) in [6, 6.07) is 0. The molecule has 0 aromatic rings. The summed E-state index contributed by atoms with van der Waals surface area (Å²) in [5.74, 6) is -5.04. The second-order valence-corrected chi connectivity index (χ2v) is 3.89. The van der Waals surface area contributed by atoms with E-state index >= 15 is 0 Å². The van der Waals surface area contributed by atoms with Crippen molar-refractivity contribution in [3.63, 3.8) is 0 Å². The molecule has 0 spiro atoms. The van der Waals surface area contributed by atoms with Crippen LogP contribution in [-0.2, 0) is 33.4 Å². The van der Waals surface area contributed by atoms with Crippen LogP contribution >= 0.6 is 0 Å². The Balaban J connectivity index is 4.81. The predicted molar refractivity (Wildman–Crippen MR) is 66.2 cm³/mol. The Hall–Kier alpha value is -2.16. The average molecular weight is 306 g/mol. The number of ether oxygens (including phenoxy) is 3. The number of hydrogen-bond donors (Lipinski definition) is 2. The molecule has 1 atom stereocenters. The summed E-state index contributed by atoms with van der Waals surface area (Å²) in [5.41, 5.74) is 0. The van der Waals surface area contributed by atoms with Crippen LogP contribution in [0.1, 0.15) is 33.1 Å². The van der Waals surface area contributed by atoms with Gasteiger partial charge in [0.05, 0.1) is 0 Å². The van der Waals surface area contributed by atoms with E-state index in [1.54, 1.807) is 13.8 Å². The maximum Gasteiger partial charge on any atom is 0.320 e. The lowest BCUT2D eigenvalue weighted by Gasteiger charge is -2.25. The van der Waals surface area contributed by atoms with Crippen molar-refractivity contribution in [2.24, 2.45) is 0 Å². The van der Waals surface area contributed by atoms with Gasteiger partial charge in [0.25, 0.3) is 6.29 Å². The van der Waals surface area contributed by atoms with Crippen molar-refractivity contribution in [2.75, 3.05) is 6.61 Å². The minimum Gasteiger partial charge on any atom is -0.481 e. The van der Waals surface area contributed by atoms with Gasteiger partial charge >= 0.3 is 23.9 Å². The summed E-state index contributed by atoms with van der Waals surface area (Å²) >= 11 is 0. The number of carbonyl (C=O) groups excluding carboxylic acids is 2. The molecule has 120 valence electrons. The standard InChI is InChI=1S/C12H18O9/c1-3-7(19-4-2)12(20-10(17)5-8(13)14)21-11(18)6-9(15)16/h7,12H,3-6H2,1-2H3,(H,13,14)(H,15,16). The van der Waals surface area contributed by atoms with Crippen LogP contribution in [0.15, 0.2) is 0 Å². The normalized spacial score (nSPS) is 11.8. The number of rotatable bonds is 10. The Kier molecular flexibility index (Phi) is 8.70. The highest BCUT2D eigenvalue weighted by molar-refractivity contribution is 5.91. The summed E-state index contributed by atoms with van der Waals surface area (Å²) in [5, 5.41) is 17.0. The molecule has 0 fully saturated rings. The molecule has 0 rings (SSSR count). The molecular formula is C12H18O9. The van der Waals surface area contributed by atoms with E-state index in [2.05, 4.69) is 0 Å². The van der Waals surface area contributed by atoms with E-state index in [0.29, 0.717) is 6.42 Å². The lowest BCUT2D eigenvalue weighted by atomic mass is 10.2. The van der Waals surface area contributed by atoms with Crippen LogP contribution in [0.3, 0.4) is 0 Å². The fourth-order valence-electron chi connectivity index (χ4n) is 1.37. The molecule has 0 heterocycles. The first-order valence-electron chi connectivity index (χ1n) is 6.24. The van der Waals surface area contributed by atoms with Crippen molar-refractivity contribution in [3.8, 4) is 0 Å². The summed E-state index contributed by atoms with van der Waals surface area (Å²) in [6.07, 6.45) is -3.82. The van der Waals surface area contributed by atoms with Gasteiger partial charge in [0.2, 0.25) is 0 Å². The quantitative estimate of drug-likeness (QED) is 0.328. The largest absolute Gasteiger partial charge is 0.481 e. The Morgan fingerprint density at radius 1 is 0.905 bits per heavy atom. The number of hydrogen-bond acceptors (Lipinski definition) is 7. The van der Waals surface area contributed by atoms with Gasteiger partial charge in [-0.1, -0.05) is 6.92 Å². The molecule has 0 radical (unpaired) electrons. The van der Waals surface area contributed by atoms with Gasteiger partial charge in [0.15, 0.2) is 0 Å². The monoisotopic (exact) mass is 306 g/mol. The maximum atomic E-state index is 11.3. The van der Waals surface area contributed by atoms with Crippen molar-refractivity contribution in [1.82, 2.24) is 0 Å². The predicted octanol–water partition coefficient (Wildman–Crippen LogP) is 0.163. The Labute approximate surface area is 120 Å². The number of carbonyl (C=O) groups is 4. The first kappa shape index (κ1) is 18.8. The third kappa shape index (κ3) is 8.58. The minimum atomic E-state index is -1.49. The van der Waals surface area contributed by atoms with Crippen LogP contribution in [-0.4, -0.2) is 53.1 Å². The second-order valence-electron chi connectivity index (χ2n) is 3.89. The van der Waals surface area contributed by atoms with Gasteiger partial charge in [0, 0.05) is 6.61 Å². The number of aliphatic carboxylic acids is 2. The molecule has 0 amide bonds. The first-order chi connectivity index (χ1) is 9.79. The van der Waals surface area contributed by atoms with Gasteiger partial charge in [-0.05, 0) is 13.3 Å². The molecule has 1 unspecified atom stereocenters. The molecule has 0 aliphatic heterocycles. The summed E-state index contributed by atoms with van der Waals surface area (Å²) in [4.78, 5) is 43.5. The topological polar surface area (TPSA) is 136 Å². The number of carboxylic acids is 2. The lowest BCUT2D eigenvalue weighted by molar-refractivity contribution is -0.213. The van der Waals surface area contributed by atoms with Gasteiger partial charge in [-0.25, -0.2) is 0 Å². The molecule has 0 aromatic carbocycles. The molecule has 0 aromatic heterocycles. The number of carboxylic acid groups (broad SMARTS) is 2. The zero-order valence-corrected chi connectivity index (χ0v) is 11.7. The van der Waals surface area contributed by atoms with E-state index in [9.17, 15) is 19.2 Å². The van der Waals surface area contributed by atoms with Crippen LogP contribution in [0.2, 0.25) is 0 Å². The molecule has 0 aliphatic carbocycles. The Morgan fingerprint density at radius 3 is 1.62 bits per heavy atom. The first-order valence-corrected chi connectivity index (χ1v) is 6.24. The Bertz CT molecular complexity index is 360. The smallest absolute Gasteiger partial charge is 0.320 e. The van der Waals surface area contributed by atoms with Gasteiger partial charge in [-0.2, -0.15) is 0 Å². The van der Waals surface area contributed by atoms with Gasteiger partial charge in [-0.15, -0.1) is 0 Å². The zero-order valence-electron chi connectivity index (χ0n) is 11.7. The minimum absolute atomic E-state index is 0.238. The number of esters is 2. The van der Waals surface area contributed by atoms with Crippen molar-refractivity contribution >= 4 is 23.9 Å². The lowest BCUT2D eigenvalue weighted by Crippen LogP contribution is -2.38. The SMILES string of the molecule is CCOC(CC)C(OC(=O)CC(=O)O)OC(=O)CC(=O)O. The molecule has 9 nitrogen and oxygen atoms in total.